The molecule has 0 rings (SSSR count). The maximum atomic E-state index is 12.4. The first-order chi connectivity index (χ1) is 23.2. The molecular weight excluding hydrogens is 578 g/mol. The molecule has 0 aromatic rings. The van der Waals surface area contributed by atoms with Crippen LogP contribution in [0.25, 0.3) is 0 Å². The normalized spacial score (nSPS) is 13.4. The second-order valence-electron chi connectivity index (χ2n) is 14.0. The van der Waals surface area contributed by atoms with Crippen molar-refractivity contribution in [2.45, 2.75) is 225 Å². The highest BCUT2D eigenvalue weighted by Gasteiger charge is 2.17. The van der Waals surface area contributed by atoms with Crippen LogP contribution in [-0.4, -0.2) is 34.9 Å². The molecule has 0 aliphatic heterocycles. The fourth-order valence-corrected chi connectivity index (χ4v) is 6.22. The highest BCUT2D eigenvalue weighted by Crippen LogP contribution is 2.15. The van der Waals surface area contributed by atoms with Crippen molar-refractivity contribution in [1.29, 1.82) is 0 Å². The zero-order chi connectivity index (χ0) is 34.3. The first-order valence-corrected chi connectivity index (χ1v) is 20.7. The van der Waals surface area contributed by atoms with Crippen molar-refractivity contribution >= 4 is 5.91 Å². The summed E-state index contributed by atoms with van der Waals surface area (Å²) in [5, 5.41) is 23.0. The fourth-order valence-electron chi connectivity index (χ4n) is 6.22. The lowest BCUT2D eigenvalue weighted by molar-refractivity contribution is -0.123. The number of unbranched alkanes of at least 4 members (excludes halogenated alkanes) is 26. The molecule has 0 radical (unpaired) electrons. The number of rotatable bonds is 37. The summed E-state index contributed by atoms with van der Waals surface area (Å²) in [7, 11) is 0. The number of amides is 1. The van der Waals surface area contributed by atoms with E-state index in [1.165, 1.54) is 154 Å². The van der Waals surface area contributed by atoms with Gasteiger partial charge in [0.1, 0.15) is 0 Å². The first-order valence-electron chi connectivity index (χ1n) is 20.7. The lowest BCUT2D eigenvalue weighted by Crippen LogP contribution is -2.45. The van der Waals surface area contributed by atoms with E-state index in [0.29, 0.717) is 6.42 Å². The molecule has 4 heteroatoms. The number of hydrogen-bond acceptors (Lipinski definition) is 3. The molecule has 0 bridgehead atoms. The number of aliphatic hydroxyl groups excluding tert-OH is 2. The molecule has 0 fully saturated rings. The average molecular weight is 660 g/mol. The van der Waals surface area contributed by atoms with Gasteiger partial charge in [-0.3, -0.25) is 4.79 Å². The summed E-state index contributed by atoms with van der Waals surface area (Å²) in [6.45, 7) is 4.21. The van der Waals surface area contributed by atoms with Gasteiger partial charge in [-0.15, -0.1) is 0 Å². The Morgan fingerprint density at radius 2 is 0.936 bits per heavy atom. The third kappa shape index (κ3) is 35.7. The summed E-state index contributed by atoms with van der Waals surface area (Å²) in [6, 6.07) is -0.619. The molecule has 0 aliphatic carbocycles. The molecule has 1 amide bonds. The van der Waals surface area contributed by atoms with Crippen molar-refractivity contribution in [2.24, 2.45) is 0 Å². The van der Waals surface area contributed by atoms with Crippen molar-refractivity contribution in [3.05, 3.63) is 36.5 Å². The molecule has 0 saturated carbocycles. The largest absolute Gasteiger partial charge is 0.394 e. The quantitative estimate of drug-likeness (QED) is 0.0459. The van der Waals surface area contributed by atoms with Crippen molar-refractivity contribution in [2.75, 3.05) is 6.61 Å². The van der Waals surface area contributed by atoms with Crippen LogP contribution >= 0.6 is 0 Å². The number of allylic oxidation sites excluding steroid dienone is 5. The van der Waals surface area contributed by atoms with E-state index in [2.05, 4.69) is 43.5 Å². The minimum Gasteiger partial charge on any atom is -0.394 e. The topological polar surface area (TPSA) is 69.6 Å². The van der Waals surface area contributed by atoms with Gasteiger partial charge in [0.25, 0.3) is 0 Å². The van der Waals surface area contributed by atoms with Gasteiger partial charge in [-0.2, -0.15) is 0 Å². The summed E-state index contributed by atoms with van der Waals surface area (Å²) < 4.78 is 0. The van der Waals surface area contributed by atoms with E-state index in [9.17, 15) is 15.0 Å². The van der Waals surface area contributed by atoms with Crippen LogP contribution < -0.4 is 5.32 Å². The van der Waals surface area contributed by atoms with E-state index in [-0.39, 0.29) is 12.5 Å². The van der Waals surface area contributed by atoms with Gasteiger partial charge in [-0.1, -0.05) is 198 Å². The molecule has 47 heavy (non-hydrogen) atoms. The van der Waals surface area contributed by atoms with Crippen LogP contribution in [0.3, 0.4) is 0 Å². The third-order valence-electron chi connectivity index (χ3n) is 9.38. The average Bonchev–Trinajstić information content (AvgIpc) is 3.07. The van der Waals surface area contributed by atoms with Gasteiger partial charge in [0.2, 0.25) is 5.91 Å². The Hall–Kier alpha value is -1.39. The lowest BCUT2D eigenvalue weighted by atomic mass is 10.0. The van der Waals surface area contributed by atoms with Gasteiger partial charge in [0, 0.05) is 6.42 Å². The van der Waals surface area contributed by atoms with Crippen LogP contribution in [0.2, 0.25) is 0 Å². The van der Waals surface area contributed by atoms with Crippen LogP contribution in [0, 0.1) is 0 Å². The Balaban J connectivity index is 3.55. The maximum Gasteiger partial charge on any atom is 0.220 e. The Morgan fingerprint density at radius 3 is 1.38 bits per heavy atom. The van der Waals surface area contributed by atoms with Gasteiger partial charge >= 0.3 is 0 Å². The number of carbonyl (C=O) groups is 1. The number of hydrogen-bond donors (Lipinski definition) is 3. The van der Waals surface area contributed by atoms with E-state index in [4.69, 9.17) is 0 Å². The summed E-state index contributed by atoms with van der Waals surface area (Å²) in [5.74, 6) is -0.0650. The van der Waals surface area contributed by atoms with Gasteiger partial charge < -0.3 is 15.5 Å². The first kappa shape index (κ1) is 45.6. The van der Waals surface area contributed by atoms with E-state index in [0.717, 1.165) is 38.5 Å². The Bertz CT molecular complexity index is 716. The molecule has 2 unspecified atom stereocenters. The molecule has 0 heterocycles. The minimum atomic E-state index is -0.836. The maximum absolute atomic E-state index is 12.4. The highest BCUT2D eigenvalue weighted by molar-refractivity contribution is 5.76. The van der Waals surface area contributed by atoms with Gasteiger partial charge in [-0.25, -0.2) is 0 Å². The Kier molecular flexibility index (Phi) is 37.9. The fraction of sp³-hybridized carbons (Fsp3) is 0.837. The Labute approximate surface area is 293 Å². The molecule has 0 aromatic carbocycles. The SMILES string of the molecule is CC/C=C\C/C=C\CCCCCCCCCCCCCCCCC(=O)NC(CO)C(O)/C=C/CCCCCCCCCCCCCC. The standard InChI is InChI=1S/C43H81NO3/c1-3-5-7-9-11-13-15-17-19-20-21-22-23-24-25-27-29-31-33-35-37-39-43(47)44-41(40-45)42(46)38-36-34-32-30-28-26-18-16-14-12-10-8-6-4-2/h5,7,11,13,36,38,41-42,45-46H,3-4,6,8-10,12,14-35,37,39-40H2,1-2H3,(H,44,47)/b7-5-,13-11-,38-36+. The summed E-state index contributed by atoms with van der Waals surface area (Å²) in [5.41, 5.74) is 0. The summed E-state index contributed by atoms with van der Waals surface area (Å²) >= 11 is 0. The molecule has 4 nitrogen and oxygen atoms in total. The second kappa shape index (κ2) is 39.1. The molecular formula is C43H81NO3. The van der Waals surface area contributed by atoms with Gasteiger partial charge in [0.15, 0.2) is 0 Å². The lowest BCUT2D eigenvalue weighted by Gasteiger charge is -2.20. The van der Waals surface area contributed by atoms with Crippen molar-refractivity contribution < 1.29 is 15.0 Å². The Morgan fingerprint density at radius 1 is 0.532 bits per heavy atom. The smallest absolute Gasteiger partial charge is 0.220 e. The molecule has 276 valence electrons. The second-order valence-corrected chi connectivity index (χ2v) is 14.0. The van der Waals surface area contributed by atoms with E-state index < -0.39 is 12.1 Å². The summed E-state index contributed by atoms with van der Waals surface area (Å²) in [4.78, 5) is 12.4. The number of aliphatic hydroxyl groups is 2. The van der Waals surface area contributed by atoms with Crippen LogP contribution in [0.15, 0.2) is 36.5 Å². The molecule has 2 atom stereocenters. The number of carbonyl (C=O) groups excluding carboxylic acids is 1. The zero-order valence-corrected chi connectivity index (χ0v) is 31.5. The highest BCUT2D eigenvalue weighted by atomic mass is 16.3. The van der Waals surface area contributed by atoms with Crippen molar-refractivity contribution in [3.8, 4) is 0 Å². The third-order valence-corrected chi connectivity index (χ3v) is 9.38. The monoisotopic (exact) mass is 660 g/mol. The van der Waals surface area contributed by atoms with E-state index in [1.54, 1.807) is 6.08 Å². The van der Waals surface area contributed by atoms with Gasteiger partial charge in [0.05, 0.1) is 18.8 Å². The van der Waals surface area contributed by atoms with Crippen molar-refractivity contribution in [1.82, 2.24) is 5.32 Å². The van der Waals surface area contributed by atoms with E-state index in [1.807, 2.05) is 6.08 Å². The zero-order valence-electron chi connectivity index (χ0n) is 31.5. The minimum absolute atomic E-state index is 0.0650. The molecule has 3 N–H and O–H groups in total. The van der Waals surface area contributed by atoms with Crippen LogP contribution in [-0.2, 0) is 4.79 Å². The number of nitrogens with one attached hydrogen (secondary N) is 1. The van der Waals surface area contributed by atoms with E-state index >= 15 is 0 Å². The van der Waals surface area contributed by atoms with Crippen LogP contribution in [0.4, 0.5) is 0 Å². The van der Waals surface area contributed by atoms with Crippen molar-refractivity contribution in [3.63, 3.8) is 0 Å². The predicted octanol–water partition coefficient (Wildman–Crippen LogP) is 12.6. The van der Waals surface area contributed by atoms with Gasteiger partial charge in [-0.05, 0) is 44.9 Å². The van der Waals surface area contributed by atoms with Crippen LogP contribution in [0.1, 0.15) is 213 Å². The molecule has 0 spiro atoms. The molecule has 0 aliphatic rings. The molecule has 0 saturated heterocycles. The summed E-state index contributed by atoms with van der Waals surface area (Å²) in [6.07, 6.45) is 51.0. The predicted molar refractivity (Wildman–Crippen MR) is 207 cm³/mol. The van der Waals surface area contributed by atoms with Crippen LogP contribution in [0.5, 0.6) is 0 Å². The molecule has 0 aromatic heterocycles.